The Kier molecular flexibility index (Phi) is 5.43. The molecule has 0 N–H and O–H groups in total. The van der Waals surface area contributed by atoms with Crippen LogP contribution < -0.4 is 0 Å². The molecule has 0 rings (SSSR count). The summed E-state index contributed by atoms with van der Waals surface area (Å²) in [6.45, 7) is 7.45. The van der Waals surface area contributed by atoms with Gasteiger partial charge in [-0.2, -0.15) is 0 Å². The maximum Gasteiger partial charge on any atom is 0.307 e. The fourth-order valence-corrected chi connectivity index (χ4v) is 1.19. The summed E-state index contributed by atoms with van der Waals surface area (Å²) >= 11 is 0. The molecule has 0 saturated heterocycles. The second-order valence-electron chi connectivity index (χ2n) is 4.48. The molecule has 1 atom stereocenters. The van der Waals surface area contributed by atoms with E-state index in [1.54, 1.807) is 0 Å². The first-order chi connectivity index (χ1) is 6.39. The lowest BCUT2D eigenvalue weighted by Crippen LogP contribution is -2.25. The largest absolute Gasteiger partial charge is 0.460 e. The summed E-state index contributed by atoms with van der Waals surface area (Å²) in [6, 6.07) is 0. The lowest BCUT2D eigenvalue weighted by atomic mass is 10.0. The Morgan fingerprint density at radius 3 is 2.36 bits per heavy atom. The Bertz CT molecular complexity index is 191. The van der Waals surface area contributed by atoms with Crippen LogP contribution in [-0.4, -0.2) is 17.9 Å². The Labute approximate surface area is 85.8 Å². The molecule has 14 heavy (non-hydrogen) atoms. The minimum Gasteiger partial charge on any atom is -0.460 e. The van der Waals surface area contributed by atoms with E-state index in [9.17, 15) is 9.59 Å². The number of aldehydes is 1. The predicted molar refractivity (Wildman–Crippen MR) is 54.9 cm³/mol. The quantitative estimate of drug-likeness (QED) is 0.505. The van der Waals surface area contributed by atoms with E-state index in [1.807, 2.05) is 27.7 Å². The van der Waals surface area contributed by atoms with Gasteiger partial charge in [0.25, 0.3) is 0 Å². The standard InChI is InChI=1S/C11H20O3/c1-5-6-9(8-12)7-10(13)14-11(2,3)4/h8-9H,5-7H2,1-4H3/t9-/m0/s1. The van der Waals surface area contributed by atoms with Crippen molar-refractivity contribution < 1.29 is 14.3 Å². The van der Waals surface area contributed by atoms with Gasteiger partial charge in [0, 0.05) is 5.92 Å². The highest BCUT2D eigenvalue weighted by atomic mass is 16.6. The molecular formula is C11H20O3. The lowest BCUT2D eigenvalue weighted by molar-refractivity contribution is -0.156. The van der Waals surface area contributed by atoms with Crippen LogP contribution in [0.4, 0.5) is 0 Å². The van der Waals surface area contributed by atoms with Crippen molar-refractivity contribution in [1.29, 1.82) is 0 Å². The first kappa shape index (κ1) is 13.1. The molecule has 0 aliphatic heterocycles. The van der Waals surface area contributed by atoms with E-state index in [0.29, 0.717) is 0 Å². The average molecular weight is 200 g/mol. The molecule has 0 aromatic rings. The fraction of sp³-hybridized carbons (Fsp3) is 0.818. The van der Waals surface area contributed by atoms with Crippen molar-refractivity contribution in [1.82, 2.24) is 0 Å². The van der Waals surface area contributed by atoms with Gasteiger partial charge < -0.3 is 9.53 Å². The third-order valence-electron chi connectivity index (χ3n) is 1.70. The molecular weight excluding hydrogens is 180 g/mol. The molecule has 0 saturated carbocycles. The molecule has 0 aromatic heterocycles. The predicted octanol–water partition coefficient (Wildman–Crippen LogP) is 2.33. The van der Waals surface area contributed by atoms with Crippen molar-refractivity contribution in [2.45, 2.75) is 52.6 Å². The summed E-state index contributed by atoms with van der Waals surface area (Å²) in [5, 5.41) is 0. The maximum absolute atomic E-state index is 11.3. The number of carbonyl (C=O) groups excluding carboxylic acids is 2. The van der Waals surface area contributed by atoms with Crippen LogP contribution >= 0.6 is 0 Å². The van der Waals surface area contributed by atoms with E-state index in [-0.39, 0.29) is 18.3 Å². The Morgan fingerprint density at radius 1 is 1.43 bits per heavy atom. The number of hydrogen-bond donors (Lipinski definition) is 0. The first-order valence-electron chi connectivity index (χ1n) is 5.06. The van der Waals surface area contributed by atoms with Gasteiger partial charge in [-0.05, 0) is 27.2 Å². The summed E-state index contributed by atoms with van der Waals surface area (Å²) in [5.74, 6) is -0.474. The monoisotopic (exact) mass is 200 g/mol. The van der Waals surface area contributed by atoms with Crippen LogP contribution in [0.1, 0.15) is 47.0 Å². The van der Waals surface area contributed by atoms with Gasteiger partial charge in [-0.25, -0.2) is 0 Å². The van der Waals surface area contributed by atoms with Crippen LogP contribution in [0.25, 0.3) is 0 Å². The lowest BCUT2D eigenvalue weighted by Gasteiger charge is -2.20. The van der Waals surface area contributed by atoms with Crippen molar-refractivity contribution in [3.63, 3.8) is 0 Å². The van der Waals surface area contributed by atoms with E-state index in [4.69, 9.17) is 4.74 Å². The fourth-order valence-electron chi connectivity index (χ4n) is 1.19. The van der Waals surface area contributed by atoms with E-state index in [0.717, 1.165) is 19.1 Å². The number of esters is 1. The minimum absolute atomic E-state index is 0.185. The highest BCUT2D eigenvalue weighted by molar-refractivity contribution is 5.74. The van der Waals surface area contributed by atoms with E-state index >= 15 is 0 Å². The molecule has 0 spiro atoms. The molecule has 0 aromatic carbocycles. The van der Waals surface area contributed by atoms with Crippen molar-refractivity contribution in [2.24, 2.45) is 5.92 Å². The molecule has 0 bridgehead atoms. The minimum atomic E-state index is -0.462. The van der Waals surface area contributed by atoms with Crippen LogP contribution in [0.5, 0.6) is 0 Å². The van der Waals surface area contributed by atoms with E-state index in [1.165, 1.54) is 0 Å². The Hall–Kier alpha value is -0.860. The van der Waals surface area contributed by atoms with Gasteiger partial charge in [0.05, 0.1) is 6.42 Å². The van der Waals surface area contributed by atoms with E-state index in [2.05, 4.69) is 0 Å². The molecule has 0 radical (unpaired) electrons. The summed E-state index contributed by atoms with van der Waals surface area (Å²) in [4.78, 5) is 21.9. The Balaban J connectivity index is 3.97. The van der Waals surface area contributed by atoms with Gasteiger partial charge in [0.1, 0.15) is 11.9 Å². The second-order valence-corrected chi connectivity index (χ2v) is 4.48. The third-order valence-corrected chi connectivity index (χ3v) is 1.70. The van der Waals surface area contributed by atoms with Crippen LogP contribution in [-0.2, 0) is 14.3 Å². The second kappa shape index (κ2) is 5.78. The molecule has 3 heteroatoms. The van der Waals surface area contributed by atoms with Gasteiger partial charge in [-0.3, -0.25) is 4.79 Å². The molecule has 82 valence electrons. The molecule has 0 aliphatic carbocycles. The number of rotatable bonds is 5. The molecule has 0 heterocycles. The summed E-state index contributed by atoms with van der Waals surface area (Å²) in [7, 11) is 0. The summed E-state index contributed by atoms with van der Waals surface area (Å²) in [6.07, 6.45) is 2.71. The molecule has 0 aliphatic rings. The van der Waals surface area contributed by atoms with E-state index < -0.39 is 5.60 Å². The topological polar surface area (TPSA) is 43.4 Å². The summed E-state index contributed by atoms with van der Waals surface area (Å²) in [5.41, 5.74) is -0.462. The first-order valence-corrected chi connectivity index (χ1v) is 5.06. The number of hydrogen-bond acceptors (Lipinski definition) is 3. The van der Waals surface area contributed by atoms with Crippen LogP contribution in [0, 0.1) is 5.92 Å². The van der Waals surface area contributed by atoms with Crippen molar-refractivity contribution >= 4 is 12.3 Å². The highest BCUT2D eigenvalue weighted by Crippen LogP contribution is 2.13. The van der Waals surface area contributed by atoms with Gasteiger partial charge in [0.2, 0.25) is 0 Å². The maximum atomic E-state index is 11.3. The van der Waals surface area contributed by atoms with Crippen molar-refractivity contribution in [3.8, 4) is 0 Å². The van der Waals surface area contributed by atoms with Crippen molar-refractivity contribution in [3.05, 3.63) is 0 Å². The SMILES string of the molecule is CCC[C@H](C=O)CC(=O)OC(C)(C)C. The summed E-state index contributed by atoms with van der Waals surface area (Å²) < 4.78 is 5.12. The molecule has 0 amide bonds. The van der Waals surface area contributed by atoms with Crippen molar-refractivity contribution in [2.75, 3.05) is 0 Å². The highest BCUT2D eigenvalue weighted by Gasteiger charge is 2.19. The van der Waals surface area contributed by atoms with Gasteiger partial charge in [-0.1, -0.05) is 13.3 Å². The average Bonchev–Trinajstić information content (AvgIpc) is 2.00. The van der Waals surface area contributed by atoms with Crippen LogP contribution in [0.3, 0.4) is 0 Å². The molecule has 0 unspecified atom stereocenters. The van der Waals surface area contributed by atoms with Crippen LogP contribution in [0.15, 0.2) is 0 Å². The number of ether oxygens (including phenoxy) is 1. The van der Waals surface area contributed by atoms with Gasteiger partial charge >= 0.3 is 5.97 Å². The smallest absolute Gasteiger partial charge is 0.307 e. The van der Waals surface area contributed by atoms with Crippen LogP contribution in [0.2, 0.25) is 0 Å². The third kappa shape index (κ3) is 6.63. The zero-order chi connectivity index (χ0) is 11.2. The zero-order valence-corrected chi connectivity index (χ0v) is 9.50. The zero-order valence-electron chi connectivity index (χ0n) is 9.50. The normalized spacial score (nSPS) is 13.4. The van der Waals surface area contributed by atoms with Gasteiger partial charge in [-0.15, -0.1) is 0 Å². The number of carbonyl (C=O) groups is 2. The molecule has 3 nitrogen and oxygen atoms in total. The molecule has 0 fully saturated rings. The Morgan fingerprint density at radius 2 is 2.00 bits per heavy atom. The van der Waals surface area contributed by atoms with Gasteiger partial charge in [0.15, 0.2) is 0 Å².